The smallest absolute Gasteiger partial charge is 0.333 e. The SMILES string of the molecule is c1ccc(N2B3c4ccccc4N(c4ccccc4)c4cc(N(c5ccccc5)c5ccccc5)cc(c43)-c3cc4c(cc32)Sc2ccccc2O4)cc1. The maximum atomic E-state index is 6.70. The van der Waals surface area contributed by atoms with Gasteiger partial charge in [0.15, 0.2) is 0 Å². The first-order valence-corrected chi connectivity index (χ1v) is 19.1. The molecule has 0 N–H and O–H groups in total. The summed E-state index contributed by atoms with van der Waals surface area (Å²) in [6.45, 7) is -0.0862. The molecule has 3 aliphatic rings. The van der Waals surface area contributed by atoms with E-state index < -0.39 is 0 Å². The summed E-state index contributed by atoms with van der Waals surface area (Å²) in [5.41, 5.74) is 13.9. The van der Waals surface area contributed by atoms with Gasteiger partial charge >= 0.3 is 6.85 Å². The Labute approximate surface area is 319 Å². The average Bonchev–Trinajstić information content (AvgIpc) is 3.24. The van der Waals surface area contributed by atoms with Crippen molar-refractivity contribution in [1.29, 1.82) is 0 Å². The molecule has 0 saturated heterocycles. The van der Waals surface area contributed by atoms with Crippen LogP contribution in [0.25, 0.3) is 11.1 Å². The number of para-hydroxylation sites is 6. The fraction of sp³-hybridized carbons (Fsp3) is 0. The lowest BCUT2D eigenvalue weighted by molar-refractivity contribution is 0.455. The Bertz CT molecular complexity index is 2650. The van der Waals surface area contributed by atoms with Gasteiger partial charge in [-0.05, 0) is 107 Å². The average molecular weight is 710 g/mol. The van der Waals surface area contributed by atoms with Crippen molar-refractivity contribution < 1.29 is 4.74 Å². The van der Waals surface area contributed by atoms with Gasteiger partial charge in [0.05, 0.1) is 9.79 Å². The van der Waals surface area contributed by atoms with Crippen molar-refractivity contribution >= 4 is 75.0 Å². The van der Waals surface area contributed by atoms with Gasteiger partial charge in [0.2, 0.25) is 0 Å². The molecule has 6 heteroatoms. The van der Waals surface area contributed by atoms with Crippen LogP contribution in [0, 0.1) is 0 Å². The van der Waals surface area contributed by atoms with Crippen LogP contribution in [0.4, 0.5) is 45.5 Å². The van der Waals surface area contributed by atoms with E-state index in [4.69, 9.17) is 4.74 Å². The lowest BCUT2D eigenvalue weighted by atomic mass is 9.43. The molecule has 0 spiro atoms. The zero-order valence-electron chi connectivity index (χ0n) is 29.2. The lowest BCUT2D eigenvalue weighted by Crippen LogP contribution is -2.61. The van der Waals surface area contributed by atoms with Crippen LogP contribution in [0.2, 0.25) is 0 Å². The third-order valence-electron chi connectivity index (χ3n) is 10.6. The molecule has 8 aromatic rings. The van der Waals surface area contributed by atoms with E-state index in [1.165, 1.54) is 22.2 Å². The number of benzene rings is 8. The maximum absolute atomic E-state index is 6.70. The summed E-state index contributed by atoms with van der Waals surface area (Å²) in [4.78, 5) is 9.62. The second kappa shape index (κ2) is 12.5. The van der Waals surface area contributed by atoms with Crippen molar-refractivity contribution in [1.82, 2.24) is 0 Å². The third kappa shape index (κ3) is 4.88. The topological polar surface area (TPSA) is 19.0 Å². The van der Waals surface area contributed by atoms with Crippen molar-refractivity contribution in [2.24, 2.45) is 0 Å². The number of anilines is 8. The van der Waals surface area contributed by atoms with E-state index in [0.29, 0.717) is 0 Å². The van der Waals surface area contributed by atoms with Gasteiger partial charge in [-0.25, -0.2) is 0 Å². The molecule has 11 rings (SSSR count). The largest absolute Gasteiger partial charge is 0.455 e. The van der Waals surface area contributed by atoms with Gasteiger partial charge < -0.3 is 19.3 Å². The third-order valence-corrected chi connectivity index (χ3v) is 11.7. The van der Waals surface area contributed by atoms with E-state index in [1.54, 1.807) is 11.8 Å². The van der Waals surface area contributed by atoms with Crippen molar-refractivity contribution in [3.05, 3.63) is 194 Å². The van der Waals surface area contributed by atoms with Gasteiger partial charge in [0, 0.05) is 51.1 Å². The molecule has 0 atom stereocenters. The minimum atomic E-state index is -0.0862. The van der Waals surface area contributed by atoms with E-state index in [2.05, 4.69) is 203 Å². The molecule has 3 aliphatic heterocycles. The number of hydrogen-bond donors (Lipinski definition) is 0. The predicted octanol–water partition coefficient (Wildman–Crippen LogP) is 12.1. The molecule has 0 bridgehead atoms. The lowest BCUT2D eigenvalue weighted by Gasteiger charge is -2.46. The minimum Gasteiger partial charge on any atom is -0.455 e. The summed E-state index contributed by atoms with van der Waals surface area (Å²) in [5.74, 6) is 1.77. The van der Waals surface area contributed by atoms with Gasteiger partial charge in [0.1, 0.15) is 11.5 Å². The van der Waals surface area contributed by atoms with Crippen LogP contribution < -0.4 is 30.3 Å². The molecule has 3 heterocycles. The van der Waals surface area contributed by atoms with Gasteiger partial charge in [-0.2, -0.15) is 0 Å². The van der Waals surface area contributed by atoms with Crippen LogP contribution in [0.1, 0.15) is 0 Å². The molecule has 0 amide bonds. The van der Waals surface area contributed by atoms with Gasteiger partial charge in [-0.1, -0.05) is 115 Å². The van der Waals surface area contributed by atoms with Crippen molar-refractivity contribution in [3.8, 4) is 22.6 Å². The first kappa shape index (κ1) is 31.0. The zero-order chi connectivity index (χ0) is 35.6. The molecule has 0 unspecified atom stereocenters. The van der Waals surface area contributed by atoms with Crippen LogP contribution >= 0.6 is 11.8 Å². The fourth-order valence-corrected chi connectivity index (χ4v) is 9.34. The van der Waals surface area contributed by atoms with Crippen molar-refractivity contribution in [2.75, 3.05) is 14.6 Å². The Morgan fingerprint density at radius 1 is 0.444 bits per heavy atom. The molecule has 0 saturated carbocycles. The van der Waals surface area contributed by atoms with Crippen LogP contribution in [-0.4, -0.2) is 6.85 Å². The molecule has 0 fully saturated rings. The minimum absolute atomic E-state index is 0.0862. The first-order chi connectivity index (χ1) is 26.8. The summed E-state index contributed by atoms with van der Waals surface area (Å²) in [5, 5.41) is 0. The van der Waals surface area contributed by atoms with Gasteiger partial charge in [-0.3, -0.25) is 0 Å². The second-order valence-electron chi connectivity index (χ2n) is 13.7. The normalized spacial score (nSPS) is 13.1. The molecule has 0 radical (unpaired) electrons. The molecule has 254 valence electrons. The Balaban J connectivity index is 1.25. The van der Waals surface area contributed by atoms with E-state index >= 15 is 0 Å². The summed E-state index contributed by atoms with van der Waals surface area (Å²) < 4.78 is 6.70. The highest BCUT2D eigenvalue weighted by Crippen LogP contribution is 2.54. The highest BCUT2D eigenvalue weighted by atomic mass is 32.2. The summed E-state index contributed by atoms with van der Waals surface area (Å²) in [6.07, 6.45) is 0. The first-order valence-electron chi connectivity index (χ1n) is 18.3. The molecular weight excluding hydrogens is 677 g/mol. The number of fused-ring (bicyclic) bond motifs is 6. The number of hydrogen-bond acceptors (Lipinski definition) is 5. The molecule has 8 aromatic carbocycles. The predicted molar refractivity (Wildman–Crippen MR) is 225 cm³/mol. The van der Waals surface area contributed by atoms with Crippen LogP contribution in [-0.2, 0) is 0 Å². The molecule has 4 nitrogen and oxygen atoms in total. The highest BCUT2D eigenvalue weighted by molar-refractivity contribution is 7.99. The van der Waals surface area contributed by atoms with Crippen molar-refractivity contribution in [3.63, 3.8) is 0 Å². The Morgan fingerprint density at radius 3 is 1.78 bits per heavy atom. The van der Waals surface area contributed by atoms with Crippen molar-refractivity contribution in [2.45, 2.75) is 9.79 Å². The highest BCUT2D eigenvalue weighted by Gasteiger charge is 2.46. The summed E-state index contributed by atoms with van der Waals surface area (Å²) in [6, 6.07) is 69.7. The molecule has 0 aromatic heterocycles. The van der Waals surface area contributed by atoms with E-state index in [0.717, 1.165) is 66.7 Å². The van der Waals surface area contributed by atoms with Crippen LogP contribution in [0.5, 0.6) is 11.5 Å². The fourth-order valence-electron chi connectivity index (χ4n) is 8.38. The van der Waals surface area contributed by atoms with E-state index in [1.807, 2.05) is 6.07 Å². The number of nitrogens with zero attached hydrogens (tertiary/aromatic N) is 3. The Morgan fingerprint density at radius 2 is 1.06 bits per heavy atom. The van der Waals surface area contributed by atoms with E-state index in [-0.39, 0.29) is 6.85 Å². The summed E-state index contributed by atoms with van der Waals surface area (Å²) in [7, 11) is 0. The zero-order valence-corrected chi connectivity index (χ0v) is 30.0. The summed E-state index contributed by atoms with van der Waals surface area (Å²) >= 11 is 1.78. The monoisotopic (exact) mass is 709 g/mol. The maximum Gasteiger partial charge on any atom is 0.333 e. The van der Waals surface area contributed by atoms with Crippen LogP contribution in [0.3, 0.4) is 0 Å². The standard InChI is InChI=1S/C48H32BN3OS/c1-5-17-33(18-6-1)50(34-19-7-2-8-20-34)37-29-39-38-31-45-47(54-46-28-16-15-27-44(46)53-45)32-42(38)52(36-23-11-4-12-24-36)49-40-25-13-14-26-41(40)51(43(30-37)48(39)49)35-21-9-3-10-22-35/h1-32H. The molecule has 54 heavy (non-hydrogen) atoms. The molecule has 0 aliphatic carbocycles. The molecular formula is C48H32BN3OS. The Kier molecular flexibility index (Phi) is 7.17. The van der Waals surface area contributed by atoms with E-state index in [9.17, 15) is 0 Å². The second-order valence-corrected chi connectivity index (χ2v) is 14.8. The number of rotatable bonds is 5. The Hall–Kier alpha value is -6.63. The van der Waals surface area contributed by atoms with Crippen LogP contribution in [0.15, 0.2) is 204 Å². The number of ether oxygens (including phenoxy) is 1. The quantitative estimate of drug-likeness (QED) is 0.165. The van der Waals surface area contributed by atoms with Gasteiger partial charge in [-0.15, -0.1) is 0 Å². The van der Waals surface area contributed by atoms with Gasteiger partial charge in [0.25, 0.3) is 0 Å².